The van der Waals surface area contributed by atoms with Gasteiger partial charge in [0, 0.05) is 6.04 Å². The van der Waals surface area contributed by atoms with Crippen molar-refractivity contribution < 1.29 is 5.11 Å². The lowest BCUT2D eigenvalue weighted by Gasteiger charge is -2.37. The molecule has 3 N–H and O–H groups in total. The smallest absolute Gasteiger partial charge is 0.0716 e. The first-order valence-electron chi connectivity index (χ1n) is 4.96. The summed E-state index contributed by atoms with van der Waals surface area (Å²) in [6, 6.07) is 0.00106. The van der Waals surface area contributed by atoms with Crippen LogP contribution in [0.2, 0.25) is 0 Å². The molecule has 1 unspecified atom stereocenters. The Morgan fingerprint density at radius 1 is 1.33 bits per heavy atom. The number of aliphatic hydroxyl groups is 1. The average molecular weight is 171 g/mol. The van der Waals surface area contributed by atoms with Gasteiger partial charge in [0.1, 0.15) is 0 Å². The zero-order chi connectivity index (χ0) is 9.30. The third kappa shape index (κ3) is 1.99. The zero-order valence-corrected chi connectivity index (χ0v) is 8.33. The molecule has 0 bridgehead atoms. The molecule has 1 fully saturated rings. The fourth-order valence-electron chi connectivity index (χ4n) is 2.17. The van der Waals surface area contributed by atoms with E-state index in [0.717, 1.165) is 12.8 Å². The van der Waals surface area contributed by atoms with E-state index in [9.17, 15) is 5.11 Å². The van der Waals surface area contributed by atoms with E-state index in [1.165, 1.54) is 0 Å². The van der Waals surface area contributed by atoms with Gasteiger partial charge >= 0.3 is 0 Å². The average Bonchev–Trinajstić information content (AvgIpc) is 1.99. The van der Waals surface area contributed by atoms with Crippen molar-refractivity contribution in [1.82, 2.24) is 0 Å². The molecule has 0 spiro atoms. The van der Waals surface area contributed by atoms with Crippen molar-refractivity contribution in [3.63, 3.8) is 0 Å². The van der Waals surface area contributed by atoms with E-state index in [2.05, 4.69) is 20.8 Å². The van der Waals surface area contributed by atoms with Crippen molar-refractivity contribution in [3.05, 3.63) is 0 Å². The normalized spacial score (nSPS) is 43.5. The van der Waals surface area contributed by atoms with Crippen LogP contribution in [-0.2, 0) is 0 Å². The van der Waals surface area contributed by atoms with Crippen LogP contribution >= 0.6 is 0 Å². The van der Waals surface area contributed by atoms with E-state index >= 15 is 0 Å². The largest absolute Gasteiger partial charge is 0.391 e. The summed E-state index contributed by atoms with van der Waals surface area (Å²) in [6.45, 7) is 6.57. The van der Waals surface area contributed by atoms with Gasteiger partial charge < -0.3 is 10.8 Å². The molecule has 0 aromatic carbocycles. The molecule has 0 aromatic rings. The SMILES string of the molecule is CC(C)[C@H]1CC(C)[C@H](O)[C@H](N)C1. The van der Waals surface area contributed by atoms with E-state index < -0.39 is 0 Å². The van der Waals surface area contributed by atoms with Crippen molar-refractivity contribution in [2.45, 2.75) is 45.8 Å². The minimum atomic E-state index is -0.278. The van der Waals surface area contributed by atoms with E-state index in [1.807, 2.05) is 0 Å². The molecule has 2 heteroatoms. The number of hydrogen-bond donors (Lipinski definition) is 2. The molecular weight excluding hydrogens is 150 g/mol. The highest BCUT2D eigenvalue weighted by atomic mass is 16.3. The maximum Gasteiger partial charge on any atom is 0.0716 e. The van der Waals surface area contributed by atoms with Crippen molar-refractivity contribution >= 4 is 0 Å². The molecule has 0 aromatic heterocycles. The van der Waals surface area contributed by atoms with Gasteiger partial charge in [0.25, 0.3) is 0 Å². The van der Waals surface area contributed by atoms with Crippen molar-refractivity contribution in [2.24, 2.45) is 23.5 Å². The molecule has 0 heterocycles. The van der Waals surface area contributed by atoms with Gasteiger partial charge in [-0.25, -0.2) is 0 Å². The van der Waals surface area contributed by atoms with Crippen molar-refractivity contribution in [3.8, 4) is 0 Å². The van der Waals surface area contributed by atoms with Crippen LogP contribution in [0.4, 0.5) is 0 Å². The lowest BCUT2D eigenvalue weighted by molar-refractivity contribution is 0.0281. The number of rotatable bonds is 1. The van der Waals surface area contributed by atoms with Crippen LogP contribution in [0, 0.1) is 17.8 Å². The second-order valence-electron chi connectivity index (χ2n) is 4.61. The predicted molar refractivity (Wildman–Crippen MR) is 50.7 cm³/mol. The molecular formula is C10H21NO. The summed E-state index contributed by atoms with van der Waals surface area (Å²) in [5.74, 6) is 1.78. The van der Waals surface area contributed by atoms with Crippen LogP contribution in [0.3, 0.4) is 0 Å². The second-order valence-corrected chi connectivity index (χ2v) is 4.61. The Balaban J connectivity index is 2.53. The topological polar surface area (TPSA) is 46.2 Å². The zero-order valence-electron chi connectivity index (χ0n) is 8.33. The quantitative estimate of drug-likeness (QED) is 0.626. The molecule has 12 heavy (non-hydrogen) atoms. The van der Waals surface area contributed by atoms with E-state index in [0.29, 0.717) is 17.8 Å². The Morgan fingerprint density at radius 2 is 1.92 bits per heavy atom. The van der Waals surface area contributed by atoms with Gasteiger partial charge in [-0.05, 0) is 30.6 Å². The first-order valence-corrected chi connectivity index (χ1v) is 4.96. The van der Waals surface area contributed by atoms with E-state index in [4.69, 9.17) is 5.73 Å². The molecule has 1 rings (SSSR count). The van der Waals surface area contributed by atoms with Crippen LogP contribution in [0.5, 0.6) is 0 Å². The minimum Gasteiger partial charge on any atom is -0.391 e. The van der Waals surface area contributed by atoms with Gasteiger partial charge in [-0.1, -0.05) is 20.8 Å². The highest BCUT2D eigenvalue weighted by Gasteiger charge is 2.33. The maximum atomic E-state index is 9.62. The van der Waals surface area contributed by atoms with E-state index in [-0.39, 0.29) is 12.1 Å². The third-order valence-corrected chi connectivity index (χ3v) is 3.21. The fraction of sp³-hybridized carbons (Fsp3) is 1.00. The Kier molecular flexibility index (Phi) is 3.13. The van der Waals surface area contributed by atoms with Crippen LogP contribution < -0.4 is 5.73 Å². The Morgan fingerprint density at radius 3 is 2.33 bits per heavy atom. The molecule has 0 saturated heterocycles. The van der Waals surface area contributed by atoms with Gasteiger partial charge in [-0.15, -0.1) is 0 Å². The minimum absolute atomic E-state index is 0.00106. The van der Waals surface area contributed by atoms with Crippen LogP contribution in [0.1, 0.15) is 33.6 Å². The van der Waals surface area contributed by atoms with Gasteiger partial charge in [-0.3, -0.25) is 0 Å². The van der Waals surface area contributed by atoms with Gasteiger partial charge in [0.2, 0.25) is 0 Å². The van der Waals surface area contributed by atoms with Crippen molar-refractivity contribution in [2.75, 3.05) is 0 Å². The molecule has 1 aliphatic carbocycles. The monoisotopic (exact) mass is 171 g/mol. The maximum absolute atomic E-state index is 9.62. The summed E-state index contributed by atoms with van der Waals surface area (Å²) >= 11 is 0. The lowest BCUT2D eigenvalue weighted by atomic mass is 9.73. The van der Waals surface area contributed by atoms with Crippen LogP contribution in [-0.4, -0.2) is 17.3 Å². The van der Waals surface area contributed by atoms with Crippen LogP contribution in [0.25, 0.3) is 0 Å². The Labute approximate surface area is 75.2 Å². The van der Waals surface area contributed by atoms with Crippen molar-refractivity contribution in [1.29, 1.82) is 0 Å². The molecule has 72 valence electrons. The summed E-state index contributed by atoms with van der Waals surface area (Å²) in [7, 11) is 0. The summed E-state index contributed by atoms with van der Waals surface area (Å²) in [5.41, 5.74) is 5.85. The van der Waals surface area contributed by atoms with Gasteiger partial charge in [0.05, 0.1) is 6.10 Å². The first kappa shape index (κ1) is 10.0. The second kappa shape index (κ2) is 3.75. The highest BCUT2D eigenvalue weighted by molar-refractivity contribution is 4.87. The molecule has 2 nitrogen and oxygen atoms in total. The summed E-state index contributed by atoms with van der Waals surface area (Å²) in [4.78, 5) is 0. The number of nitrogens with two attached hydrogens (primary N) is 1. The first-order chi connectivity index (χ1) is 5.52. The predicted octanol–water partition coefficient (Wildman–Crippen LogP) is 1.38. The summed E-state index contributed by atoms with van der Waals surface area (Å²) < 4.78 is 0. The molecule has 0 aliphatic heterocycles. The highest BCUT2D eigenvalue weighted by Crippen LogP contribution is 2.32. The van der Waals surface area contributed by atoms with Gasteiger partial charge in [-0.2, -0.15) is 0 Å². The Hall–Kier alpha value is -0.0800. The standard InChI is InChI=1S/C10H21NO/c1-6(2)8-4-7(3)10(12)9(11)5-8/h6-10,12H,4-5,11H2,1-3H3/t7?,8-,9+,10-/m0/s1. The summed E-state index contributed by atoms with van der Waals surface area (Å²) in [6.07, 6.45) is 1.84. The molecule has 0 radical (unpaired) electrons. The molecule has 0 amide bonds. The summed E-state index contributed by atoms with van der Waals surface area (Å²) in [5, 5.41) is 9.62. The number of aliphatic hydroxyl groups excluding tert-OH is 1. The molecule has 1 aliphatic rings. The lowest BCUT2D eigenvalue weighted by Crippen LogP contribution is -2.46. The van der Waals surface area contributed by atoms with Gasteiger partial charge in [0.15, 0.2) is 0 Å². The van der Waals surface area contributed by atoms with Crippen LogP contribution in [0.15, 0.2) is 0 Å². The number of hydrogen-bond acceptors (Lipinski definition) is 2. The molecule has 1 saturated carbocycles. The molecule has 4 atom stereocenters. The fourth-order valence-corrected chi connectivity index (χ4v) is 2.17. The third-order valence-electron chi connectivity index (χ3n) is 3.21. The Bertz CT molecular complexity index is 135. The van der Waals surface area contributed by atoms with E-state index in [1.54, 1.807) is 0 Å².